The highest BCUT2D eigenvalue weighted by atomic mass is 16.3. The molecule has 0 radical (unpaired) electrons. The fraction of sp³-hybridized carbons (Fsp3) is 0.0769. The molecular weight excluding hydrogens is 188 g/mol. The van der Waals surface area contributed by atoms with Gasteiger partial charge in [-0.05, 0) is 11.5 Å². The lowest BCUT2D eigenvalue weighted by Gasteiger charge is -2.02. The van der Waals surface area contributed by atoms with Crippen LogP contribution in [0.4, 0.5) is 0 Å². The van der Waals surface area contributed by atoms with Gasteiger partial charge in [-0.25, -0.2) is 0 Å². The van der Waals surface area contributed by atoms with Crippen LogP contribution in [0.15, 0.2) is 36.4 Å². The molecule has 2 aromatic carbocycles. The summed E-state index contributed by atoms with van der Waals surface area (Å²) in [7, 11) is 0. The second-order valence-corrected chi connectivity index (χ2v) is 3.14. The van der Waals surface area contributed by atoms with E-state index in [0.717, 1.165) is 10.8 Å². The molecule has 0 amide bonds. The van der Waals surface area contributed by atoms with Crippen LogP contribution in [0.3, 0.4) is 0 Å². The smallest absolute Gasteiger partial charge is 0.139 e. The van der Waals surface area contributed by atoms with Crippen molar-refractivity contribution in [3.63, 3.8) is 0 Å². The van der Waals surface area contributed by atoms with Gasteiger partial charge < -0.3 is 10.2 Å². The summed E-state index contributed by atoms with van der Waals surface area (Å²) in [6.45, 7) is -0.202. The molecule has 0 saturated carbocycles. The van der Waals surface area contributed by atoms with Crippen LogP contribution < -0.4 is 0 Å². The summed E-state index contributed by atoms with van der Waals surface area (Å²) < 4.78 is 0. The normalized spacial score (nSPS) is 9.67. The van der Waals surface area contributed by atoms with Crippen LogP contribution in [0.5, 0.6) is 5.75 Å². The lowest BCUT2D eigenvalue weighted by Crippen LogP contribution is -1.81. The van der Waals surface area contributed by atoms with Gasteiger partial charge in [0.1, 0.15) is 12.4 Å². The molecule has 0 saturated heterocycles. The van der Waals surface area contributed by atoms with Crippen molar-refractivity contribution in [3.05, 3.63) is 42.0 Å². The number of fused-ring (bicyclic) bond motifs is 1. The highest BCUT2D eigenvalue weighted by Crippen LogP contribution is 2.27. The molecular formula is C13H10O2. The van der Waals surface area contributed by atoms with Crippen molar-refractivity contribution < 1.29 is 10.2 Å². The van der Waals surface area contributed by atoms with Crippen molar-refractivity contribution in [1.29, 1.82) is 0 Å². The van der Waals surface area contributed by atoms with Crippen LogP contribution >= 0.6 is 0 Å². The number of aromatic hydroxyl groups is 1. The molecule has 0 fully saturated rings. The molecule has 2 rings (SSSR count). The van der Waals surface area contributed by atoms with E-state index >= 15 is 0 Å². The van der Waals surface area contributed by atoms with E-state index in [-0.39, 0.29) is 12.4 Å². The maximum absolute atomic E-state index is 9.89. The summed E-state index contributed by atoms with van der Waals surface area (Å²) in [5, 5.41) is 20.2. The Balaban J connectivity index is 2.65. The number of phenols is 1. The Labute approximate surface area is 87.8 Å². The van der Waals surface area contributed by atoms with Crippen LogP contribution in [0.1, 0.15) is 5.56 Å². The second kappa shape index (κ2) is 4.04. The zero-order valence-corrected chi connectivity index (χ0v) is 8.07. The predicted molar refractivity (Wildman–Crippen MR) is 59.6 cm³/mol. The van der Waals surface area contributed by atoms with E-state index in [1.54, 1.807) is 6.07 Å². The fourth-order valence-electron chi connectivity index (χ4n) is 1.49. The Morgan fingerprint density at radius 3 is 2.67 bits per heavy atom. The van der Waals surface area contributed by atoms with E-state index in [0.29, 0.717) is 5.56 Å². The number of benzene rings is 2. The number of hydrogen-bond acceptors (Lipinski definition) is 2. The Morgan fingerprint density at radius 2 is 1.87 bits per heavy atom. The quantitative estimate of drug-likeness (QED) is 0.634. The van der Waals surface area contributed by atoms with E-state index in [1.165, 1.54) is 0 Å². The summed E-state index contributed by atoms with van der Waals surface area (Å²) in [6, 6.07) is 11.2. The minimum Gasteiger partial charge on any atom is -0.506 e. The Kier molecular flexibility index (Phi) is 2.57. The largest absolute Gasteiger partial charge is 0.506 e. The van der Waals surface area contributed by atoms with E-state index < -0.39 is 0 Å². The number of hydrogen-bond donors (Lipinski definition) is 2. The van der Waals surface area contributed by atoms with Gasteiger partial charge in [0.15, 0.2) is 0 Å². The molecule has 0 atom stereocenters. The van der Waals surface area contributed by atoms with Gasteiger partial charge in [0.25, 0.3) is 0 Å². The topological polar surface area (TPSA) is 40.5 Å². The lowest BCUT2D eigenvalue weighted by molar-refractivity contribution is 0.350. The number of aliphatic hydroxyl groups is 1. The molecule has 0 heterocycles. The first-order valence-electron chi connectivity index (χ1n) is 4.63. The first-order chi connectivity index (χ1) is 7.33. The summed E-state index contributed by atoms with van der Waals surface area (Å²) in [5.74, 6) is 5.40. The Hall–Kier alpha value is -1.98. The highest BCUT2D eigenvalue weighted by molar-refractivity contribution is 5.90. The summed E-state index contributed by atoms with van der Waals surface area (Å²) in [5.41, 5.74) is 0.544. The van der Waals surface area contributed by atoms with Gasteiger partial charge in [0.05, 0.1) is 5.56 Å². The fourth-order valence-corrected chi connectivity index (χ4v) is 1.49. The molecule has 0 aliphatic carbocycles. The molecule has 0 aliphatic heterocycles. The molecule has 0 aromatic heterocycles. The molecule has 15 heavy (non-hydrogen) atoms. The standard InChI is InChI=1S/C13H10O2/c14-9-3-5-11-8-7-10-4-1-2-6-12(10)13(11)15/h1-2,4,6-8,14-15H,9H2. The molecule has 0 bridgehead atoms. The molecule has 2 nitrogen and oxygen atoms in total. The number of phenolic OH excluding ortho intramolecular Hbond substituents is 1. The monoisotopic (exact) mass is 198 g/mol. The number of aliphatic hydroxyl groups excluding tert-OH is 1. The Bertz CT molecular complexity index is 547. The SMILES string of the molecule is OCC#Cc1ccc2ccccc2c1O. The third-order valence-corrected chi connectivity index (χ3v) is 2.20. The van der Waals surface area contributed by atoms with Crippen molar-refractivity contribution in [2.45, 2.75) is 0 Å². The summed E-state index contributed by atoms with van der Waals surface area (Å²) in [6.07, 6.45) is 0. The van der Waals surface area contributed by atoms with E-state index in [1.807, 2.05) is 30.3 Å². The minimum absolute atomic E-state index is 0.175. The highest BCUT2D eigenvalue weighted by Gasteiger charge is 2.02. The molecule has 2 aromatic rings. The van der Waals surface area contributed by atoms with Crippen molar-refractivity contribution in [2.24, 2.45) is 0 Å². The van der Waals surface area contributed by atoms with E-state index in [9.17, 15) is 5.11 Å². The van der Waals surface area contributed by atoms with Crippen molar-refractivity contribution in [2.75, 3.05) is 6.61 Å². The molecule has 0 spiro atoms. The van der Waals surface area contributed by atoms with E-state index in [2.05, 4.69) is 11.8 Å². The van der Waals surface area contributed by atoms with Crippen molar-refractivity contribution in [3.8, 4) is 17.6 Å². The molecule has 0 aliphatic rings. The van der Waals surface area contributed by atoms with Gasteiger partial charge in [-0.3, -0.25) is 0 Å². The molecule has 2 heteroatoms. The summed E-state index contributed by atoms with van der Waals surface area (Å²) in [4.78, 5) is 0. The first-order valence-corrected chi connectivity index (χ1v) is 4.63. The lowest BCUT2D eigenvalue weighted by atomic mass is 10.1. The van der Waals surface area contributed by atoms with Crippen LogP contribution in [0.25, 0.3) is 10.8 Å². The van der Waals surface area contributed by atoms with Crippen LogP contribution in [-0.2, 0) is 0 Å². The molecule has 2 N–H and O–H groups in total. The average Bonchev–Trinajstić information content (AvgIpc) is 2.29. The number of rotatable bonds is 0. The molecule has 74 valence electrons. The molecule has 0 unspecified atom stereocenters. The predicted octanol–water partition coefficient (Wildman–Crippen LogP) is 1.89. The van der Waals surface area contributed by atoms with Crippen LogP contribution in [0.2, 0.25) is 0 Å². The maximum Gasteiger partial charge on any atom is 0.139 e. The third kappa shape index (κ3) is 1.78. The van der Waals surface area contributed by atoms with Gasteiger partial charge in [-0.1, -0.05) is 42.2 Å². The van der Waals surface area contributed by atoms with Gasteiger partial charge in [-0.15, -0.1) is 0 Å². The average molecular weight is 198 g/mol. The van der Waals surface area contributed by atoms with Gasteiger partial charge >= 0.3 is 0 Å². The van der Waals surface area contributed by atoms with Gasteiger partial charge in [0, 0.05) is 5.39 Å². The van der Waals surface area contributed by atoms with E-state index in [4.69, 9.17) is 5.11 Å². The first kappa shape index (κ1) is 9.57. The summed E-state index contributed by atoms with van der Waals surface area (Å²) >= 11 is 0. The van der Waals surface area contributed by atoms with Gasteiger partial charge in [-0.2, -0.15) is 0 Å². The maximum atomic E-state index is 9.89. The van der Waals surface area contributed by atoms with Crippen molar-refractivity contribution in [1.82, 2.24) is 0 Å². The second-order valence-electron chi connectivity index (χ2n) is 3.14. The van der Waals surface area contributed by atoms with Crippen molar-refractivity contribution >= 4 is 10.8 Å². The Morgan fingerprint density at radius 1 is 1.07 bits per heavy atom. The van der Waals surface area contributed by atoms with Crippen LogP contribution in [0, 0.1) is 11.8 Å². The zero-order chi connectivity index (χ0) is 10.7. The van der Waals surface area contributed by atoms with Gasteiger partial charge in [0.2, 0.25) is 0 Å². The zero-order valence-electron chi connectivity index (χ0n) is 8.07. The minimum atomic E-state index is -0.202. The third-order valence-electron chi connectivity index (χ3n) is 2.20. The van der Waals surface area contributed by atoms with Crippen LogP contribution in [-0.4, -0.2) is 16.8 Å².